The lowest BCUT2D eigenvalue weighted by Gasteiger charge is -2.11. The first-order valence-corrected chi connectivity index (χ1v) is 4.97. The third kappa shape index (κ3) is 1.85. The van der Waals surface area contributed by atoms with Crippen LogP contribution in [0.2, 0.25) is 0 Å². The molecule has 0 saturated heterocycles. The van der Waals surface area contributed by atoms with Gasteiger partial charge in [-0.05, 0) is 18.2 Å². The van der Waals surface area contributed by atoms with Crippen LogP contribution >= 0.6 is 15.9 Å². The average Bonchev–Trinajstić information content (AvgIpc) is 2.50. The van der Waals surface area contributed by atoms with E-state index in [1.165, 1.54) is 6.07 Å². The molecule has 1 atom stereocenters. The van der Waals surface area contributed by atoms with Crippen molar-refractivity contribution in [2.45, 2.75) is 6.04 Å². The van der Waals surface area contributed by atoms with E-state index in [1.54, 1.807) is 12.1 Å². The molecule has 1 aromatic carbocycles. The van der Waals surface area contributed by atoms with Gasteiger partial charge in [-0.15, -0.1) is 0 Å². The summed E-state index contributed by atoms with van der Waals surface area (Å²) in [4.78, 5) is 14.4. The van der Waals surface area contributed by atoms with Gasteiger partial charge in [-0.2, -0.15) is 4.99 Å². The zero-order valence-electron chi connectivity index (χ0n) is 7.50. The summed E-state index contributed by atoms with van der Waals surface area (Å²) >= 11 is 3.22. The molecule has 0 bridgehead atoms. The fraction of sp³-hybridized carbons (Fsp3) is 0.111. The number of amidine groups is 1. The minimum Gasteiger partial charge on any atom is -0.385 e. The summed E-state index contributed by atoms with van der Waals surface area (Å²) in [5.41, 5.74) is 5.81. The molecule has 0 fully saturated rings. The number of aliphatic imine (C=N–C) groups is 1. The third-order valence-corrected chi connectivity index (χ3v) is 2.56. The van der Waals surface area contributed by atoms with Crippen LogP contribution in [0.3, 0.4) is 0 Å². The van der Waals surface area contributed by atoms with Crippen LogP contribution in [-0.2, 0) is 0 Å². The van der Waals surface area contributed by atoms with Gasteiger partial charge in [0.25, 0.3) is 0 Å². The standard InChI is InChI=1S/C9H7BrFN3O/c10-4-1-2-6(11)5(3-4)7-8(12)14-9(15)13-7/h1-3,7H,(H3,12,13,14,15). The maximum absolute atomic E-state index is 13.4. The first-order chi connectivity index (χ1) is 7.08. The van der Waals surface area contributed by atoms with Gasteiger partial charge in [-0.25, -0.2) is 9.18 Å². The van der Waals surface area contributed by atoms with Crippen molar-refractivity contribution in [1.82, 2.24) is 5.32 Å². The molecule has 0 spiro atoms. The molecule has 1 aromatic rings. The van der Waals surface area contributed by atoms with Crippen LogP contribution < -0.4 is 11.1 Å². The molecule has 2 rings (SSSR count). The van der Waals surface area contributed by atoms with Gasteiger partial charge < -0.3 is 11.1 Å². The lowest BCUT2D eigenvalue weighted by Crippen LogP contribution is -2.28. The Labute approximate surface area is 93.5 Å². The quantitative estimate of drug-likeness (QED) is 0.817. The molecule has 1 aliphatic heterocycles. The fourth-order valence-corrected chi connectivity index (χ4v) is 1.76. The molecule has 6 heteroatoms. The number of halogens is 2. The van der Waals surface area contributed by atoms with E-state index in [1.807, 2.05) is 0 Å². The molecule has 0 radical (unpaired) electrons. The van der Waals surface area contributed by atoms with Crippen molar-refractivity contribution in [2.24, 2.45) is 10.7 Å². The Balaban J connectivity index is 2.42. The summed E-state index contributed by atoms with van der Waals surface area (Å²) in [7, 11) is 0. The van der Waals surface area contributed by atoms with Gasteiger partial charge in [0.2, 0.25) is 0 Å². The predicted octanol–water partition coefficient (Wildman–Crippen LogP) is 1.71. The van der Waals surface area contributed by atoms with E-state index in [0.717, 1.165) is 0 Å². The van der Waals surface area contributed by atoms with Crippen molar-refractivity contribution < 1.29 is 9.18 Å². The SMILES string of the molecule is NC1=NC(=O)NC1c1cc(Br)ccc1F. The maximum Gasteiger partial charge on any atom is 0.343 e. The van der Waals surface area contributed by atoms with E-state index in [-0.39, 0.29) is 5.84 Å². The molecule has 78 valence electrons. The molecule has 2 amide bonds. The van der Waals surface area contributed by atoms with Crippen LogP contribution in [0, 0.1) is 5.82 Å². The van der Waals surface area contributed by atoms with E-state index >= 15 is 0 Å². The lowest BCUT2D eigenvalue weighted by molar-refractivity contribution is 0.250. The van der Waals surface area contributed by atoms with Crippen LogP contribution in [0.4, 0.5) is 9.18 Å². The minimum atomic E-state index is -0.671. The first kappa shape index (κ1) is 10.1. The Morgan fingerprint density at radius 2 is 2.27 bits per heavy atom. The van der Waals surface area contributed by atoms with E-state index in [0.29, 0.717) is 10.0 Å². The Kier molecular flexibility index (Phi) is 2.44. The number of hydrogen-bond acceptors (Lipinski definition) is 2. The average molecular weight is 272 g/mol. The number of nitrogens with two attached hydrogens (primary N) is 1. The largest absolute Gasteiger partial charge is 0.385 e. The van der Waals surface area contributed by atoms with Crippen molar-refractivity contribution in [1.29, 1.82) is 0 Å². The molecule has 0 aliphatic carbocycles. The van der Waals surface area contributed by atoms with Gasteiger partial charge in [0, 0.05) is 10.0 Å². The van der Waals surface area contributed by atoms with Gasteiger partial charge in [-0.3, -0.25) is 0 Å². The third-order valence-electron chi connectivity index (χ3n) is 2.06. The van der Waals surface area contributed by atoms with Crippen molar-refractivity contribution in [3.8, 4) is 0 Å². The Bertz CT molecular complexity index is 461. The number of carbonyl (C=O) groups excluding carboxylic acids is 1. The topological polar surface area (TPSA) is 67.5 Å². The molecule has 1 unspecified atom stereocenters. The molecular weight excluding hydrogens is 265 g/mol. The van der Waals surface area contributed by atoms with Crippen LogP contribution in [0.1, 0.15) is 11.6 Å². The highest BCUT2D eigenvalue weighted by Crippen LogP contribution is 2.24. The predicted molar refractivity (Wildman–Crippen MR) is 57.0 cm³/mol. The molecule has 0 aromatic heterocycles. The zero-order valence-corrected chi connectivity index (χ0v) is 9.08. The number of nitrogens with one attached hydrogen (secondary N) is 1. The van der Waals surface area contributed by atoms with Gasteiger partial charge in [0.05, 0.1) is 0 Å². The molecule has 3 N–H and O–H groups in total. The number of benzene rings is 1. The Morgan fingerprint density at radius 3 is 2.87 bits per heavy atom. The number of nitrogens with zero attached hydrogens (tertiary/aromatic N) is 1. The molecule has 1 heterocycles. The van der Waals surface area contributed by atoms with Crippen LogP contribution in [0.15, 0.2) is 27.7 Å². The van der Waals surface area contributed by atoms with E-state index in [4.69, 9.17) is 5.73 Å². The van der Waals surface area contributed by atoms with E-state index < -0.39 is 17.9 Å². The highest BCUT2D eigenvalue weighted by Gasteiger charge is 2.27. The van der Waals surface area contributed by atoms with Crippen LogP contribution in [0.5, 0.6) is 0 Å². The summed E-state index contributed by atoms with van der Waals surface area (Å²) in [6, 6.07) is 3.22. The van der Waals surface area contributed by atoms with E-state index in [2.05, 4.69) is 26.2 Å². The molecule has 0 saturated carbocycles. The van der Waals surface area contributed by atoms with Gasteiger partial charge in [0.1, 0.15) is 17.7 Å². The number of carbonyl (C=O) groups is 1. The number of rotatable bonds is 1. The molecular formula is C9H7BrFN3O. The highest BCUT2D eigenvalue weighted by atomic mass is 79.9. The highest BCUT2D eigenvalue weighted by molar-refractivity contribution is 9.10. The molecule has 1 aliphatic rings. The Morgan fingerprint density at radius 1 is 1.53 bits per heavy atom. The summed E-state index contributed by atoms with van der Waals surface area (Å²) in [6.07, 6.45) is 0. The second-order valence-electron chi connectivity index (χ2n) is 3.09. The van der Waals surface area contributed by atoms with Crippen LogP contribution in [-0.4, -0.2) is 11.9 Å². The maximum atomic E-state index is 13.4. The van der Waals surface area contributed by atoms with Crippen molar-refractivity contribution in [3.63, 3.8) is 0 Å². The lowest BCUT2D eigenvalue weighted by atomic mass is 10.1. The first-order valence-electron chi connectivity index (χ1n) is 4.17. The number of hydrogen-bond donors (Lipinski definition) is 2. The Hall–Kier alpha value is -1.43. The molecule has 15 heavy (non-hydrogen) atoms. The zero-order chi connectivity index (χ0) is 11.0. The van der Waals surface area contributed by atoms with E-state index in [9.17, 15) is 9.18 Å². The monoisotopic (exact) mass is 271 g/mol. The minimum absolute atomic E-state index is 0.0806. The smallest absolute Gasteiger partial charge is 0.343 e. The second-order valence-corrected chi connectivity index (χ2v) is 4.00. The summed E-state index contributed by atoms with van der Waals surface area (Å²) < 4.78 is 14.2. The fourth-order valence-electron chi connectivity index (χ4n) is 1.38. The number of urea groups is 1. The van der Waals surface area contributed by atoms with Crippen LogP contribution in [0.25, 0.3) is 0 Å². The molecule has 4 nitrogen and oxygen atoms in total. The second kappa shape index (κ2) is 3.62. The number of amides is 2. The van der Waals surface area contributed by atoms with Gasteiger partial charge >= 0.3 is 6.03 Å². The summed E-state index contributed by atoms with van der Waals surface area (Å²) in [5, 5.41) is 2.46. The van der Waals surface area contributed by atoms with Gasteiger partial charge in [0.15, 0.2) is 0 Å². The summed E-state index contributed by atoms with van der Waals surface area (Å²) in [6.45, 7) is 0. The van der Waals surface area contributed by atoms with Crippen molar-refractivity contribution in [2.75, 3.05) is 0 Å². The van der Waals surface area contributed by atoms with Crippen molar-refractivity contribution >= 4 is 27.8 Å². The van der Waals surface area contributed by atoms with Gasteiger partial charge in [-0.1, -0.05) is 15.9 Å². The van der Waals surface area contributed by atoms with Crippen molar-refractivity contribution in [3.05, 3.63) is 34.1 Å². The normalized spacial score (nSPS) is 20.0. The summed E-state index contributed by atoms with van der Waals surface area (Å²) in [5.74, 6) is -0.347.